The second-order valence-corrected chi connectivity index (χ2v) is 7.26. The minimum atomic E-state index is -1.44. The average Bonchev–Trinajstić information content (AvgIpc) is 2.71. The van der Waals surface area contributed by atoms with Gasteiger partial charge in [-0.3, -0.25) is 9.59 Å². The maximum Gasteiger partial charge on any atom is 0.292 e. The Kier molecular flexibility index (Phi) is 2.96. The number of carbonyl (C=O) groups is 1. The molecule has 7 heteroatoms. The van der Waals surface area contributed by atoms with E-state index in [1.807, 2.05) is 13.8 Å². The fourth-order valence-corrected chi connectivity index (χ4v) is 3.23. The summed E-state index contributed by atoms with van der Waals surface area (Å²) in [6.45, 7) is 6.58. The van der Waals surface area contributed by atoms with Gasteiger partial charge < -0.3 is 19.4 Å². The number of nitrogens with zero attached hydrogens (tertiary/aromatic N) is 2. The molecule has 7 nitrogen and oxygen atoms in total. The molecular formula is C17H19N3O4. The van der Waals surface area contributed by atoms with Crippen molar-refractivity contribution in [2.45, 2.75) is 26.6 Å². The molecule has 1 spiro atoms. The van der Waals surface area contributed by atoms with Gasteiger partial charge in [-0.05, 0) is 19.1 Å². The summed E-state index contributed by atoms with van der Waals surface area (Å²) in [6.07, 6.45) is 0. The van der Waals surface area contributed by atoms with Crippen LogP contribution in [-0.2, 0) is 20.1 Å². The van der Waals surface area contributed by atoms with E-state index in [0.717, 1.165) is 0 Å². The van der Waals surface area contributed by atoms with Gasteiger partial charge in [0, 0.05) is 18.0 Å². The van der Waals surface area contributed by atoms with Gasteiger partial charge in [-0.25, -0.2) is 4.98 Å². The second-order valence-electron chi connectivity index (χ2n) is 7.26. The van der Waals surface area contributed by atoms with Crippen LogP contribution in [0.4, 0.5) is 5.69 Å². The van der Waals surface area contributed by atoms with Crippen molar-refractivity contribution in [3.05, 3.63) is 33.9 Å². The normalized spacial score (nSPS) is 21.5. The summed E-state index contributed by atoms with van der Waals surface area (Å²) in [4.78, 5) is 33.6. The number of fused-ring (bicyclic) bond motifs is 3. The van der Waals surface area contributed by atoms with Crippen LogP contribution in [0.25, 0.3) is 10.9 Å². The Hall–Kier alpha value is -2.25. The Morgan fingerprint density at radius 2 is 1.88 bits per heavy atom. The van der Waals surface area contributed by atoms with E-state index < -0.39 is 5.79 Å². The van der Waals surface area contributed by atoms with Gasteiger partial charge in [0.1, 0.15) is 5.82 Å². The number of carbonyl (C=O) groups excluding carboxylic acids is 1. The molecule has 3 heterocycles. The number of aromatic amines is 1. The summed E-state index contributed by atoms with van der Waals surface area (Å²) in [7, 11) is 1.66. The van der Waals surface area contributed by atoms with E-state index in [1.54, 1.807) is 26.1 Å². The number of H-pyrrole nitrogens is 1. The van der Waals surface area contributed by atoms with Gasteiger partial charge in [-0.2, -0.15) is 0 Å². The number of aryl methyl sites for hydroxylation is 1. The molecule has 0 atom stereocenters. The molecule has 1 saturated heterocycles. The first-order valence-corrected chi connectivity index (χ1v) is 7.85. The summed E-state index contributed by atoms with van der Waals surface area (Å²) >= 11 is 0. The lowest BCUT2D eigenvalue weighted by Crippen LogP contribution is -2.51. The third-order valence-corrected chi connectivity index (χ3v) is 4.58. The molecule has 2 aliphatic rings. The number of rotatable bonds is 0. The van der Waals surface area contributed by atoms with Gasteiger partial charge in [0.15, 0.2) is 0 Å². The summed E-state index contributed by atoms with van der Waals surface area (Å²) in [6, 6.07) is 3.40. The van der Waals surface area contributed by atoms with Crippen LogP contribution in [0.3, 0.4) is 0 Å². The molecule has 1 N–H and O–H groups in total. The number of hydrogen-bond donors (Lipinski definition) is 1. The molecular weight excluding hydrogens is 310 g/mol. The van der Waals surface area contributed by atoms with E-state index in [1.165, 1.54) is 4.90 Å². The number of benzene rings is 1. The first-order valence-electron chi connectivity index (χ1n) is 7.85. The number of hydrogen-bond acceptors (Lipinski definition) is 5. The number of likely N-dealkylation sites (N-methyl/N-ethyl adjacent to an activating group) is 1. The van der Waals surface area contributed by atoms with Gasteiger partial charge in [0.05, 0.1) is 29.8 Å². The van der Waals surface area contributed by atoms with Crippen LogP contribution in [0.5, 0.6) is 0 Å². The maximum absolute atomic E-state index is 12.9. The van der Waals surface area contributed by atoms with Gasteiger partial charge in [0.25, 0.3) is 17.3 Å². The van der Waals surface area contributed by atoms with Crippen molar-refractivity contribution in [2.75, 3.05) is 25.2 Å². The Labute approximate surface area is 138 Å². The van der Waals surface area contributed by atoms with Crippen molar-refractivity contribution < 1.29 is 14.3 Å². The highest BCUT2D eigenvalue weighted by Crippen LogP contribution is 2.47. The van der Waals surface area contributed by atoms with Crippen LogP contribution in [0, 0.1) is 12.3 Å². The minimum absolute atomic E-state index is 0.157. The molecule has 1 aromatic heterocycles. The molecule has 2 aliphatic heterocycles. The van der Waals surface area contributed by atoms with E-state index in [2.05, 4.69) is 9.97 Å². The van der Waals surface area contributed by atoms with Crippen molar-refractivity contribution in [3.8, 4) is 0 Å². The molecule has 0 unspecified atom stereocenters. The molecule has 1 fully saturated rings. The highest BCUT2D eigenvalue weighted by Gasteiger charge is 2.56. The van der Waals surface area contributed by atoms with Crippen LogP contribution in [-0.4, -0.2) is 36.1 Å². The highest BCUT2D eigenvalue weighted by atomic mass is 16.7. The molecule has 0 bridgehead atoms. The summed E-state index contributed by atoms with van der Waals surface area (Å²) in [5.74, 6) is -1.20. The maximum atomic E-state index is 12.9. The zero-order valence-corrected chi connectivity index (χ0v) is 14.1. The zero-order valence-electron chi connectivity index (χ0n) is 14.1. The van der Waals surface area contributed by atoms with Gasteiger partial charge >= 0.3 is 0 Å². The summed E-state index contributed by atoms with van der Waals surface area (Å²) in [5, 5.41) is 0.437. The quantitative estimate of drug-likeness (QED) is 0.790. The molecule has 1 amide bonds. The Bertz CT molecular complexity index is 921. The predicted octanol–water partition coefficient (Wildman–Crippen LogP) is 1.43. The summed E-state index contributed by atoms with van der Waals surface area (Å²) < 4.78 is 11.9. The van der Waals surface area contributed by atoms with E-state index in [0.29, 0.717) is 41.2 Å². The largest absolute Gasteiger partial charge is 0.338 e. The number of amides is 1. The van der Waals surface area contributed by atoms with Crippen LogP contribution in [0.2, 0.25) is 0 Å². The minimum Gasteiger partial charge on any atom is -0.338 e. The van der Waals surface area contributed by atoms with Crippen LogP contribution >= 0.6 is 0 Å². The molecule has 1 aromatic carbocycles. The smallest absolute Gasteiger partial charge is 0.292 e. The monoisotopic (exact) mass is 329 g/mol. The molecule has 0 saturated carbocycles. The third kappa shape index (κ3) is 1.94. The lowest BCUT2D eigenvalue weighted by Gasteiger charge is -2.40. The lowest BCUT2D eigenvalue weighted by atomic mass is 9.93. The Balaban J connectivity index is 1.95. The molecule has 24 heavy (non-hydrogen) atoms. The molecule has 0 radical (unpaired) electrons. The fraction of sp³-hybridized carbons (Fsp3) is 0.471. The van der Waals surface area contributed by atoms with Crippen molar-refractivity contribution in [1.29, 1.82) is 0 Å². The highest BCUT2D eigenvalue weighted by molar-refractivity contribution is 6.08. The van der Waals surface area contributed by atoms with Gasteiger partial charge in [-0.15, -0.1) is 0 Å². The summed E-state index contributed by atoms with van der Waals surface area (Å²) in [5.41, 5.74) is 1.36. The van der Waals surface area contributed by atoms with E-state index >= 15 is 0 Å². The third-order valence-electron chi connectivity index (χ3n) is 4.58. The van der Waals surface area contributed by atoms with Crippen molar-refractivity contribution in [2.24, 2.45) is 5.41 Å². The fourth-order valence-electron chi connectivity index (χ4n) is 3.23. The zero-order chi connectivity index (χ0) is 17.3. The van der Waals surface area contributed by atoms with Gasteiger partial charge in [-0.1, -0.05) is 13.8 Å². The lowest BCUT2D eigenvalue weighted by molar-refractivity contribution is -0.286. The van der Waals surface area contributed by atoms with Gasteiger partial charge in [0.2, 0.25) is 0 Å². The first kappa shape index (κ1) is 15.3. The molecule has 0 aliphatic carbocycles. The van der Waals surface area contributed by atoms with E-state index in [4.69, 9.17) is 9.47 Å². The molecule has 2 aromatic rings. The van der Waals surface area contributed by atoms with Crippen molar-refractivity contribution in [1.82, 2.24) is 9.97 Å². The average molecular weight is 329 g/mol. The van der Waals surface area contributed by atoms with E-state index in [9.17, 15) is 9.59 Å². The number of ether oxygens (including phenoxy) is 2. The number of aromatic nitrogens is 2. The number of anilines is 1. The van der Waals surface area contributed by atoms with Crippen LogP contribution < -0.4 is 10.5 Å². The van der Waals surface area contributed by atoms with Crippen LogP contribution in [0.15, 0.2) is 16.9 Å². The molecule has 4 rings (SSSR count). The van der Waals surface area contributed by atoms with Crippen LogP contribution in [0.1, 0.15) is 25.2 Å². The van der Waals surface area contributed by atoms with Crippen molar-refractivity contribution in [3.63, 3.8) is 0 Å². The Morgan fingerprint density at radius 3 is 2.54 bits per heavy atom. The van der Waals surface area contributed by atoms with Crippen molar-refractivity contribution >= 4 is 22.5 Å². The SMILES string of the molecule is Cc1nc2cc3c(cc2c(=O)[nH]1)N(C)C(=O)C31OCC(C)(C)CO1. The Morgan fingerprint density at radius 1 is 1.21 bits per heavy atom. The standard InChI is InChI=1S/C17H19N3O4/c1-9-18-12-6-11-13(5-10(12)14(21)19-9)20(4)15(22)17(11)23-7-16(2,3)8-24-17/h5-6H,7-8H2,1-4H3,(H,18,19,21). The molecule has 126 valence electrons. The predicted molar refractivity (Wildman–Crippen MR) is 87.9 cm³/mol. The topological polar surface area (TPSA) is 84.5 Å². The van der Waals surface area contributed by atoms with E-state index in [-0.39, 0.29) is 16.9 Å². The second kappa shape index (κ2) is 4.64. The number of nitrogens with one attached hydrogen (secondary N) is 1. The first-order chi connectivity index (χ1) is 11.2.